The van der Waals surface area contributed by atoms with Gasteiger partial charge < -0.3 is 9.73 Å². The zero-order valence-corrected chi connectivity index (χ0v) is 13.8. The number of hydrogen-bond acceptors (Lipinski definition) is 5. The van der Waals surface area contributed by atoms with Crippen LogP contribution in [-0.2, 0) is 6.54 Å². The maximum absolute atomic E-state index is 5.37. The zero-order valence-electron chi connectivity index (χ0n) is 13.0. The van der Waals surface area contributed by atoms with Crippen LogP contribution in [0.15, 0.2) is 40.6 Å². The second-order valence-corrected chi connectivity index (χ2v) is 6.39. The van der Waals surface area contributed by atoms with E-state index in [1.54, 1.807) is 17.6 Å². The fourth-order valence-electron chi connectivity index (χ4n) is 2.22. The van der Waals surface area contributed by atoms with Crippen molar-refractivity contribution in [2.45, 2.75) is 39.4 Å². The minimum Gasteiger partial charge on any atom is -0.462 e. The van der Waals surface area contributed by atoms with Crippen LogP contribution in [0.1, 0.15) is 31.1 Å². The number of nitrogens with one attached hydrogen (secondary N) is 1. The predicted molar refractivity (Wildman–Crippen MR) is 87.8 cm³/mol. The molecule has 6 heteroatoms. The summed E-state index contributed by atoms with van der Waals surface area (Å²) in [6, 6.07) is 4.40. The standard InChI is InChI=1S/C16H20N4OS/c1-11-7-18-20(9-11)13(3)12(2)17-8-14-10-22-16(19-14)15-5-4-6-21-15/h4-7,9-10,12-13,17H,8H2,1-3H3. The zero-order chi connectivity index (χ0) is 15.5. The molecule has 0 bridgehead atoms. The number of nitrogens with zero attached hydrogens (tertiary/aromatic N) is 3. The van der Waals surface area contributed by atoms with Crippen molar-refractivity contribution < 1.29 is 4.42 Å². The highest BCUT2D eigenvalue weighted by atomic mass is 32.1. The molecule has 0 saturated carbocycles. The fraction of sp³-hybridized carbons (Fsp3) is 0.375. The smallest absolute Gasteiger partial charge is 0.162 e. The van der Waals surface area contributed by atoms with E-state index in [1.807, 2.05) is 23.0 Å². The molecule has 3 aromatic rings. The summed E-state index contributed by atoms with van der Waals surface area (Å²) in [5.41, 5.74) is 2.22. The summed E-state index contributed by atoms with van der Waals surface area (Å²) in [7, 11) is 0. The molecule has 0 aromatic carbocycles. The second kappa shape index (κ2) is 6.46. The van der Waals surface area contributed by atoms with Gasteiger partial charge in [0, 0.05) is 24.2 Å². The van der Waals surface area contributed by atoms with E-state index in [9.17, 15) is 0 Å². The highest BCUT2D eigenvalue weighted by Crippen LogP contribution is 2.24. The minimum absolute atomic E-state index is 0.289. The molecular weight excluding hydrogens is 296 g/mol. The Balaban J connectivity index is 1.58. The number of rotatable bonds is 6. The number of hydrogen-bond donors (Lipinski definition) is 1. The van der Waals surface area contributed by atoms with Gasteiger partial charge in [-0.3, -0.25) is 4.68 Å². The predicted octanol–water partition coefficient (Wildman–Crippen LogP) is 3.65. The summed E-state index contributed by atoms with van der Waals surface area (Å²) in [5.74, 6) is 0.824. The summed E-state index contributed by atoms with van der Waals surface area (Å²) in [4.78, 5) is 4.60. The van der Waals surface area contributed by atoms with Crippen molar-refractivity contribution in [2.75, 3.05) is 0 Å². The lowest BCUT2D eigenvalue weighted by molar-refractivity contribution is 0.364. The molecule has 22 heavy (non-hydrogen) atoms. The van der Waals surface area contributed by atoms with Crippen molar-refractivity contribution in [3.8, 4) is 10.8 Å². The molecule has 3 rings (SSSR count). The van der Waals surface area contributed by atoms with Gasteiger partial charge in [0.1, 0.15) is 0 Å². The maximum Gasteiger partial charge on any atom is 0.162 e. The first-order valence-corrected chi connectivity index (χ1v) is 8.24. The van der Waals surface area contributed by atoms with E-state index < -0.39 is 0 Å². The van der Waals surface area contributed by atoms with E-state index in [0.29, 0.717) is 6.04 Å². The number of aryl methyl sites for hydroxylation is 1. The van der Waals surface area contributed by atoms with Crippen molar-refractivity contribution in [1.29, 1.82) is 0 Å². The normalized spacial score (nSPS) is 14.1. The average molecular weight is 316 g/mol. The first-order valence-electron chi connectivity index (χ1n) is 7.36. The molecule has 1 N–H and O–H groups in total. The molecule has 3 aromatic heterocycles. The largest absolute Gasteiger partial charge is 0.462 e. The highest BCUT2D eigenvalue weighted by Gasteiger charge is 2.15. The summed E-state index contributed by atoms with van der Waals surface area (Å²) < 4.78 is 7.38. The van der Waals surface area contributed by atoms with Crippen molar-refractivity contribution in [1.82, 2.24) is 20.1 Å². The van der Waals surface area contributed by atoms with Crippen molar-refractivity contribution >= 4 is 11.3 Å². The number of furan rings is 1. The molecule has 116 valence electrons. The van der Waals surface area contributed by atoms with Gasteiger partial charge in [-0.05, 0) is 38.5 Å². The maximum atomic E-state index is 5.37. The Morgan fingerprint density at radius 3 is 2.95 bits per heavy atom. The van der Waals surface area contributed by atoms with Crippen LogP contribution in [0.2, 0.25) is 0 Å². The van der Waals surface area contributed by atoms with Crippen LogP contribution in [0.5, 0.6) is 0 Å². The third-order valence-corrected chi connectivity index (χ3v) is 4.67. The summed E-state index contributed by atoms with van der Waals surface area (Å²) >= 11 is 1.60. The van der Waals surface area contributed by atoms with E-state index in [1.165, 1.54) is 5.56 Å². The van der Waals surface area contributed by atoms with Gasteiger partial charge in [0.2, 0.25) is 0 Å². The highest BCUT2D eigenvalue weighted by molar-refractivity contribution is 7.13. The average Bonchev–Trinajstić information content (AvgIpc) is 3.24. The molecule has 0 aliphatic carbocycles. The molecule has 0 amide bonds. The lowest BCUT2D eigenvalue weighted by Gasteiger charge is -2.21. The molecule has 0 saturated heterocycles. The topological polar surface area (TPSA) is 55.9 Å². The number of aromatic nitrogens is 3. The van der Waals surface area contributed by atoms with Crippen LogP contribution < -0.4 is 5.32 Å². The Hall–Kier alpha value is -1.92. The number of thiazole rings is 1. The van der Waals surface area contributed by atoms with E-state index in [0.717, 1.165) is 23.0 Å². The van der Waals surface area contributed by atoms with E-state index in [2.05, 4.69) is 47.7 Å². The van der Waals surface area contributed by atoms with Crippen molar-refractivity contribution in [3.63, 3.8) is 0 Å². The summed E-state index contributed by atoms with van der Waals surface area (Å²) in [5, 5.41) is 10.9. The van der Waals surface area contributed by atoms with Gasteiger partial charge in [0.25, 0.3) is 0 Å². The molecule has 0 aliphatic heterocycles. The minimum atomic E-state index is 0.289. The molecule has 2 atom stereocenters. The van der Waals surface area contributed by atoms with Crippen LogP contribution in [0.25, 0.3) is 10.8 Å². The lowest BCUT2D eigenvalue weighted by atomic mass is 10.1. The Morgan fingerprint density at radius 2 is 2.27 bits per heavy atom. The quantitative estimate of drug-likeness (QED) is 0.754. The van der Waals surface area contributed by atoms with Gasteiger partial charge in [-0.15, -0.1) is 11.3 Å². The first-order chi connectivity index (χ1) is 10.6. The Labute approximate surface area is 134 Å². The van der Waals surface area contributed by atoms with Crippen LogP contribution >= 0.6 is 11.3 Å². The van der Waals surface area contributed by atoms with Gasteiger partial charge in [0.15, 0.2) is 10.8 Å². The van der Waals surface area contributed by atoms with E-state index in [4.69, 9.17) is 4.42 Å². The molecule has 0 radical (unpaired) electrons. The fourth-order valence-corrected chi connectivity index (χ4v) is 3.01. The lowest BCUT2D eigenvalue weighted by Crippen LogP contribution is -2.33. The third kappa shape index (κ3) is 3.28. The van der Waals surface area contributed by atoms with Crippen LogP contribution in [0.3, 0.4) is 0 Å². The van der Waals surface area contributed by atoms with Crippen LogP contribution in [-0.4, -0.2) is 20.8 Å². The van der Waals surface area contributed by atoms with Gasteiger partial charge in [-0.2, -0.15) is 5.10 Å². The van der Waals surface area contributed by atoms with Crippen LogP contribution in [0.4, 0.5) is 0 Å². The molecule has 0 spiro atoms. The Kier molecular flexibility index (Phi) is 4.40. The Bertz CT molecular complexity index is 716. The SMILES string of the molecule is Cc1cnn(C(C)C(C)NCc2csc(-c3ccco3)n2)c1. The molecule has 5 nitrogen and oxygen atoms in total. The van der Waals surface area contributed by atoms with E-state index in [-0.39, 0.29) is 6.04 Å². The first kappa shape index (κ1) is 15.0. The summed E-state index contributed by atoms with van der Waals surface area (Å²) in [6.45, 7) is 7.13. The molecule has 0 fully saturated rings. The van der Waals surface area contributed by atoms with Gasteiger partial charge in [-0.1, -0.05) is 0 Å². The van der Waals surface area contributed by atoms with Crippen molar-refractivity contribution in [3.05, 3.63) is 47.4 Å². The van der Waals surface area contributed by atoms with Crippen LogP contribution in [0, 0.1) is 6.92 Å². The Morgan fingerprint density at radius 1 is 1.41 bits per heavy atom. The van der Waals surface area contributed by atoms with E-state index >= 15 is 0 Å². The van der Waals surface area contributed by atoms with Gasteiger partial charge in [-0.25, -0.2) is 4.98 Å². The molecule has 3 heterocycles. The molecule has 0 aliphatic rings. The second-order valence-electron chi connectivity index (χ2n) is 5.53. The monoisotopic (exact) mass is 316 g/mol. The summed E-state index contributed by atoms with van der Waals surface area (Å²) in [6.07, 6.45) is 5.63. The third-order valence-electron chi connectivity index (χ3n) is 3.76. The van der Waals surface area contributed by atoms with Gasteiger partial charge in [0.05, 0.1) is 24.2 Å². The molecule has 2 unspecified atom stereocenters. The van der Waals surface area contributed by atoms with Crippen molar-refractivity contribution in [2.24, 2.45) is 0 Å². The van der Waals surface area contributed by atoms with Gasteiger partial charge >= 0.3 is 0 Å². The molecular formula is C16H20N4OS.